The number of nitrogens with zero attached hydrogens (tertiary/aromatic N) is 2. The van der Waals surface area contributed by atoms with Gasteiger partial charge >= 0.3 is 5.97 Å². The van der Waals surface area contributed by atoms with Gasteiger partial charge < -0.3 is 15.2 Å². The van der Waals surface area contributed by atoms with Crippen LogP contribution in [0.3, 0.4) is 0 Å². The molecule has 3 aromatic rings. The summed E-state index contributed by atoms with van der Waals surface area (Å²) in [5.41, 5.74) is 1.33. The zero-order valence-corrected chi connectivity index (χ0v) is 15.2. The molecule has 0 aliphatic carbocycles. The van der Waals surface area contributed by atoms with E-state index in [2.05, 4.69) is 31.2 Å². The number of pyridine rings is 2. The van der Waals surface area contributed by atoms with E-state index in [1.54, 1.807) is 42.7 Å². The molecule has 1 unspecified atom stereocenters. The van der Waals surface area contributed by atoms with Crippen LogP contribution in [0.4, 0.5) is 0 Å². The zero-order valence-electron chi connectivity index (χ0n) is 13.6. The van der Waals surface area contributed by atoms with Gasteiger partial charge in [0.05, 0.1) is 28.9 Å². The number of aliphatic carboxylic acids is 1. The molecule has 0 saturated heterocycles. The smallest absolute Gasteiger partial charge is 0.330 e. The van der Waals surface area contributed by atoms with Crippen LogP contribution in [0.15, 0.2) is 53.4 Å². The average Bonchev–Trinajstić information content (AvgIpc) is 2.65. The standard InChI is InChI=1S/C18H14BrN3O4/c1-26-15-3-2-11(7-13(15)19)16(18(24)25)22-17(23)12-6-10-4-5-20-9-14(10)21-8-12/h2-9,16H,1H3,(H,22,23)(H,24,25). The van der Waals surface area contributed by atoms with Crippen molar-refractivity contribution < 1.29 is 19.4 Å². The summed E-state index contributed by atoms with van der Waals surface area (Å²) >= 11 is 3.32. The molecule has 0 bridgehead atoms. The third-order valence-electron chi connectivity index (χ3n) is 3.78. The number of carboxylic acid groups (broad SMARTS) is 1. The Morgan fingerprint density at radius 2 is 2.04 bits per heavy atom. The van der Waals surface area contributed by atoms with Crippen molar-refractivity contribution in [3.63, 3.8) is 0 Å². The summed E-state index contributed by atoms with van der Waals surface area (Å²) < 4.78 is 5.73. The van der Waals surface area contributed by atoms with Crippen molar-refractivity contribution in [3.05, 3.63) is 64.5 Å². The predicted octanol–water partition coefficient (Wildman–Crippen LogP) is 2.96. The number of fused-ring (bicyclic) bond motifs is 1. The zero-order chi connectivity index (χ0) is 18.7. The van der Waals surface area contributed by atoms with E-state index < -0.39 is 17.9 Å². The maximum absolute atomic E-state index is 12.5. The van der Waals surface area contributed by atoms with Gasteiger partial charge in [-0.15, -0.1) is 0 Å². The van der Waals surface area contributed by atoms with E-state index in [1.807, 2.05) is 0 Å². The summed E-state index contributed by atoms with van der Waals surface area (Å²) in [4.78, 5) is 32.3. The number of carbonyl (C=O) groups is 2. The Labute approximate surface area is 157 Å². The first-order chi connectivity index (χ1) is 12.5. The molecule has 7 nitrogen and oxygen atoms in total. The van der Waals surface area contributed by atoms with Crippen LogP contribution in [-0.4, -0.2) is 34.1 Å². The highest BCUT2D eigenvalue weighted by Crippen LogP contribution is 2.28. The summed E-state index contributed by atoms with van der Waals surface area (Å²) in [7, 11) is 1.51. The first-order valence-electron chi connectivity index (χ1n) is 7.56. The molecule has 0 saturated carbocycles. The Hall–Kier alpha value is -3.00. The molecule has 2 heterocycles. The number of ether oxygens (including phenoxy) is 1. The average molecular weight is 416 g/mol. The molecule has 0 fully saturated rings. The molecule has 2 N–H and O–H groups in total. The fraction of sp³-hybridized carbons (Fsp3) is 0.111. The fourth-order valence-corrected chi connectivity index (χ4v) is 3.02. The number of nitrogens with one attached hydrogen (secondary N) is 1. The Morgan fingerprint density at radius 1 is 1.23 bits per heavy atom. The van der Waals surface area contributed by atoms with Crippen molar-refractivity contribution in [1.82, 2.24) is 15.3 Å². The van der Waals surface area contributed by atoms with Gasteiger partial charge in [0.2, 0.25) is 0 Å². The predicted molar refractivity (Wildman–Crippen MR) is 98.1 cm³/mol. The highest BCUT2D eigenvalue weighted by molar-refractivity contribution is 9.10. The molecule has 0 spiro atoms. The van der Waals surface area contributed by atoms with Crippen molar-refractivity contribution in [2.75, 3.05) is 7.11 Å². The van der Waals surface area contributed by atoms with Gasteiger partial charge in [-0.25, -0.2) is 4.79 Å². The maximum atomic E-state index is 12.5. The molecule has 1 aromatic carbocycles. The maximum Gasteiger partial charge on any atom is 0.330 e. The van der Waals surface area contributed by atoms with Crippen LogP contribution in [0, 0.1) is 0 Å². The molecule has 0 aliphatic heterocycles. The van der Waals surface area contributed by atoms with E-state index in [1.165, 1.54) is 13.3 Å². The van der Waals surface area contributed by atoms with E-state index in [0.29, 0.717) is 21.3 Å². The van der Waals surface area contributed by atoms with E-state index in [9.17, 15) is 14.7 Å². The molecule has 3 rings (SSSR count). The third kappa shape index (κ3) is 3.65. The molecule has 1 atom stereocenters. The third-order valence-corrected chi connectivity index (χ3v) is 4.40. The Morgan fingerprint density at radius 3 is 2.73 bits per heavy atom. The minimum absolute atomic E-state index is 0.266. The molecule has 1 amide bonds. The number of carbonyl (C=O) groups excluding carboxylic acids is 1. The number of rotatable bonds is 5. The van der Waals surface area contributed by atoms with Crippen LogP contribution >= 0.6 is 15.9 Å². The summed E-state index contributed by atoms with van der Waals surface area (Å²) in [5, 5.41) is 12.8. The second kappa shape index (κ2) is 7.49. The van der Waals surface area contributed by atoms with Gasteiger partial charge in [0.1, 0.15) is 5.75 Å². The lowest BCUT2D eigenvalue weighted by molar-refractivity contribution is -0.139. The summed E-state index contributed by atoms with van der Waals surface area (Å²) in [6.45, 7) is 0. The normalized spacial score (nSPS) is 11.8. The van der Waals surface area contributed by atoms with E-state index in [-0.39, 0.29) is 5.56 Å². The second-order valence-electron chi connectivity index (χ2n) is 5.43. The number of halogens is 1. The fourth-order valence-electron chi connectivity index (χ4n) is 2.46. The number of amides is 1. The van der Waals surface area contributed by atoms with Crippen molar-refractivity contribution in [3.8, 4) is 5.75 Å². The molecular weight excluding hydrogens is 402 g/mol. The minimum atomic E-state index is -1.21. The highest BCUT2D eigenvalue weighted by Gasteiger charge is 2.24. The molecule has 2 aromatic heterocycles. The molecule has 26 heavy (non-hydrogen) atoms. The van der Waals surface area contributed by atoms with Crippen molar-refractivity contribution in [2.45, 2.75) is 6.04 Å². The van der Waals surface area contributed by atoms with Crippen LogP contribution in [0.5, 0.6) is 5.75 Å². The monoisotopic (exact) mass is 415 g/mol. The highest BCUT2D eigenvalue weighted by atomic mass is 79.9. The van der Waals surface area contributed by atoms with Crippen LogP contribution in [0.2, 0.25) is 0 Å². The number of hydrogen-bond donors (Lipinski definition) is 2. The van der Waals surface area contributed by atoms with Gasteiger partial charge in [-0.2, -0.15) is 0 Å². The van der Waals surface area contributed by atoms with Gasteiger partial charge in [-0.3, -0.25) is 14.8 Å². The van der Waals surface area contributed by atoms with Crippen LogP contribution < -0.4 is 10.1 Å². The van der Waals surface area contributed by atoms with Crippen molar-refractivity contribution in [1.29, 1.82) is 0 Å². The van der Waals surface area contributed by atoms with E-state index in [0.717, 1.165) is 5.39 Å². The first-order valence-corrected chi connectivity index (χ1v) is 8.36. The van der Waals surface area contributed by atoms with E-state index in [4.69, 9.17) is 4.74 Å². The summed E-state index contributed by atoms with van der Waals surface area (Å²) in [5.74, 6) is -1.14. The SMILES string of the molecule is COc1ccc(C(NC(=O)c2cnc3cnccc3c2)C(=O)O)cc1Br. The topological polar surface area (TPSA) is 101 Å². The van der Waals surface area contributed by atoms with Gasteiger partial charge in [0, 0.05) is 17.8 Å². The lowest BCUT2D eigenvalue weighted by Crippen LogP contribution is -2.33. The molecule has 0 radical (unpaired) electrons. The molecule has 0 aliphatic rings. The second-order valence-corrected chi connectivity index (χ2v) is 6.29. The van der Waals surface area contributed by atoms with Gasteiger partial charge in [-0.1, -0.05) is 6.07 Å². The largest absolute Gasteiger partial charge is 0.496 e. The molecular formula is C18H14BrN3O4. The van der Waals surface area contributed by atoms with Crippen LogP contribution in [0.1, 0.15) is 22.0 Å². The summed E-state index contributed by atoms with van der Waals surface area (Å²) in [6, 6.07) is 6.98. The summed E-state index contributed by atoms with van der Waals surface area (Å²) in [6.07, 6.45) is 4.58. The van der Waals surface area contributed by atoms with Crippen LogP contribution in [0.25, 0.3) is 10.9 Å². The van der Waals surface area contributed by atoms with Crippen molar-refractivity contribution in [2.24, 2.45) is 0 Å². The van der Waals surface area contributed by atoms with Gasteiger partial charge in [0.15, 0.2) is 6.04 Å². The quantitative estimate of drug-likeness (QED) is 0.663. The minimum Gasteiger partial charge on any atom is -0.496 e. The van der Waals surface area contributed by atoms with Crippen LogP contribution in [-0.2, 0) is 4.79 Å². The number of hydrogen-bond acceptors (Lipinski definition) is 5. The Kier molecular flexibility index (Phi) is 5.13. The number of benzene rings is 1. The van der Waals surface area contributed by atoms with Gasteiger partial charge in [0.25, 0.3) is 5.91 Å². The van der Waals surface area contributed by atoms with Crippen molar-refractivity contribution >= 4 is 38.7 Å². The number of methoxy groups -OCH3 is 1. The number of carboxylic acids is 1. The number of aromatic nitrogens is 2. The first kappa shape index (κ1) is 17.8. The van der Waals surface area contributed by atoms with E-state index >= 15 is 0 Å². The Balaban J connectivity index is 1.88. The molecule has 8 heteroatoms. The lowest BCUT2D eigenvalue weighted by Gasteiger charge is -2.16. The van der Waals surface area contributed by atoms with Gasteiger partial charge in [-0.05, 0) is 45.8 Å². The molecule has 132 valence electrons. The lowest BCUT2D eigenvalue weighted by atomic mass is 10.1. The Bertz CT molecular complexity index is 993.